The van der Waals surface area contributed by atoms with Crippen LogP contribution in [0.15, 0.2) is 85.2 Å². The summed E-state index contributed by atoms with van der Waals surface area (Å²) in [6.45, 7) is 0.647. The van der Waals surface area contributed by atoms with E-state index in [9.17, 15) is 8.78 Å². The monoisotopic (exact) mass is 412 g/mol. The van der Waals surface area contributed by atoms with Crippen molar-refractivity contribution in [3.8, 4) is 33.9 Å². The van der Waals surface area contributed by atoms with Crippen LogP contribution in [0.5, 0.6) is 0 Å². The molecular weight excluding hydrogens is 394 g/mol. The number of pyridine rings is 1. The minimum Gasteiger partial charge on any atom is -0.399 e. The summed E-state index contributed by atoms with van der Waals surface area (Å²) >= 11 is 0. The molecule has 0 atom stereocenters. The third kappa shape index (κ3) is 3.75. The summed E-state index contributed by atoms with van der Waals surface area (Å²) in [5, 5.41) is 0. The van der Waals surface area contributed by atoms with Crippen LogP contribution < -0.4 is 5.73 Å². The van der Waals surface area contributed by atoms with Crippen molar-refractivity contribution in [2.24, 2.45) is 0 Å². The number of anilines is 1. The Bertz CT molecular complexity index is 1320. The molecular formula is C25H18F2N4. The summed E-state index contributed by atoms with van der Waals surface area (Å²) in [5.41, 5.74) is 11.2. The Morgan fingerprint density at radius 1 is 0.774 bits per heavy atom. The summed E-state index contributed by atoms with van der Waals surface area (Å²) in [5.74, 6) is -1.67. The molecule has 0 saturated carbocycles. The number of benzene rings is 3. The van der Waals surface area contributed by atoms with Crippen molar-refractivity contribution in [1.82, 2.24) is 14.5 Å². The molecule has 0 radical (unpaired) electrons. The van der Waals surface area contributed by atoms with E-state index in [1.165, 1.54) is 12.1 Å². The van der Waals surface area contributed by atoms with Gasteiger partial charge in [-0.3, -0.25) is 0 Å². The average molecular weight is 412 g/mol. The minimum absolute atomic E-state index is 0.0565. The minimum atomic E-state index is -0.938. The van der Waals surface area contributed by atoms with E-state index in [4.69, 9.17) is 5.73 Å². The van der Waals surface area contributed by atoms with Gasteiger partial charge in [0.05, 0.1) is 11.3 Å². The Labute approximate surface area is 178 Å². The fourth-order valence-corrected chi connectivity index (χ4v) is 3.54. The summed E-state index contributed by atoms with van der Waals surface area (Å²) < 4.78 is 29.6. The van der Waals surface area contributed by atoms with Gasteiger partial charge in [0.1, 0.15) is 5.69 Å². The molecule has 0 spiro atoms. The van der Waals surface area contributed by atoms with E-state index in [1.807, 2.05) is 47.3 Å². The van der Waals surface area contributed by atoms with Crippen molar-refractivity contribution in [3.05, 3.63) is 102 Å². The molecule has 152 valence electrons. The lowest BCUT2D eigenvalue weighted by atomic mass is 10.0. The highest BCUT2D eigenvalue weighted by atomic mass is 19.2. The number of halogens is 2. The van der Waals surface area contributed by atoms with Gasteiger partial charge in [0.2, 0.25) is 0 Å². The number of aromatic nitrogens is 3. The third-order valence-corrected chi connectivity index (χ3v) is 5.18. The van der Waals surface area contributed by atoms with Crippen LogP contribution in [0.2, 0.25) is 0 Å². The Morgan fingerprint density at radius 2 is 1.45 bits per heavy atom. The number of hydrogen-bond acceptors (Lipinski definition) is 3. The number of hydrogen-bond donors (Lipinski definition) is 1. The highest BCUT2D eigenvalue weighted by Crippen LogP contribution is 2.28. The number of rotatable bonds is 4. The lowest BCUT2D eigenvalue weighted by Crippen LogP contribution is -2.00. The predicted molar refractivity (Wildman–Crippen MR) is 117 cm³/mol. The van der Waals surface area contributed by atoms with E-state index in [2.05, 4.69) is 34.2 Å². The van der Waals surface area contributed by atoms with Gasteiger partial charge in [-0.05, 0) is 47.0 Å². The normalized spacial score (nSPS) is 11.2. The van der Waals surface area contributed by atoms with Gasteiger partial charge in [-0.1, -0.05) is 42.5 Å². The zero-order chi connectivity index (χ0) is 21.4. The predicted octanol–water partition coefficient (Wildman–Crippen LogP) is 5.63. The fraction of sp³-hybridized carbons (Fsp3) is 0.0400. The second kappa shape index (κ2) is 7.65. The number of nitrogen functional groups attached to an aromatic ring is 1. The SMILES string of the molecule is Nc1ccc(-c2ccc(Cn3ccc4nc(-c5cccc(F)c5F)nc-4c3)cc2)cc1. The van der Waals surface area contributed by atoms with Crippen molar-refractivity contribution in [2.45, 2.75) is 6.54 Å². The van der Waals surface area contributed by atoms with Gasteiger partial charge >= 0.3 is 0 Å². The second-order valence-corrected chi connectivity index (χ2v) is 7.36. The van der Waals surface area contributed by atoms with Crippen LogP contribution >= 0.6 is 0 Å². The lowest BCUT2D eigenvalue weighted by Gasteiger charge is -2.09. The van der Waals surface area contributed by atoms with Crippen LogP contribution in [0.25, 0.3) is 33.9 Å². The average Bonchev–Trinajstić information content (AvgIpc) is 3.20. The molecule has 6 heteroatoms. The van der Waals surface area contributed by atoms with Crippen LogP contribution in [0.1, 0.15) is 5.56 Å². The maximum atomic E-state index is 14.1. The molecule has 0 aromatic heterocycles. The molecule has 0 fully saturated rings. The molecule has 0 amide bonds. The van der Waals surface area contributed by atoms with Crippen LogP contribution in [0.4, 0.5) is 14.5 Å². The highest BCUT2D eigenvalue weighted by molar-refractivity contribution is 5.67. The summed E-state index contributed by atoms with van der Waals surface area (Å²) in [4.78, 5) is 8.74. The quantitative estimate of drug-likeness (QED) is 0.390. The van der Waals surface area contributed by atoms with E-state index in [1.54, 1.807) is 0 Å². The topological polar surface area (TPSA) is 56.7 Å². The molecule has 0 unspecified atom stereocenters. The molecule has 3 aromatic rings. The molecule has 4 nitrogen and oxygen atoms in total. The van der Waals surface area contributed by atoms with Gasteiger partial charge in [-0.15, -0.1) is 0 Å². The van der Waals surface area contributed by atoms with E-state index < -0.39 is 11.6 Å². The van der Waals surface area contributed by atoms with Gasteiger partial charge in [-0.2, -0.15) is 0 Å². The largest absolute Gasteiger partial charge is 0.399 e. The van der Waals surface area contributed by atoms with Crippen molar-refractivity contribution < 1.29 is 8.78 Å². The molecule has 31 heavy (non-hydrogen) atoms. The van der Waals surface area contributed by atoms with Crippen molar-refractivity contribution in [3.63, 3.8) is 0 Å². The Balaban J connectivity index is 1.39. The van der Waals surface area contributed by atoms with Crippen molar-refractivity contribution in [2.75, 3.05) is 5.73 Å². The number of nitrogens with zero attached hydrogens (tertiary/aromatic N) is 3. The number of imidazole rings is 1. The van der Waals surface area contributed by atoms with Crippen LogP contribution in [-0.4, -0.2) is 14.5 Å². The Kier molecular flexibility index (Phi) is 4.67. The third-order valence-electron chi connectivity index (χ3n) is 5.18. The van der Waals surface area contributed by atoms with Crippen molar-refractivity contribution in [1.29, 1.82) is 0 Å². The maximum absolute atomic E-state index is 14.1. The highest BCUT2D eigenvalue weighted by Gasteiger charge is 2.17. The molecule has 2 N–H and O–H groups in total. The molecule has 0 aliphatic carbocycles. The first-order valence-electron chi connectivity index (χ1n) is 9.79. The van der Waals surface area contributed by atoms with Gasteiger partial charge in [0.15, 0.2) is 17.5 Å². The summed E-state index contributed by atoms with van der Waals surface area (Å²) in [6, 6.07) is 21.9. The maximum Gasteiger partial charge on any atom is 0.169 e. The molecule has 2 aliphatic rings. The van der Waals surface area contributed by atoms with Crippen LogP contribution in [0, 0.1) is 11.6 Å². The van der Waals surface area contributed by atoms with Gasteiger partial charge in [0.25, 0.3) is 0 Å². The zero-order valence-electron chi connectivity index (χ0n) is 16.5. The Morgan fingerprint density at radius 3 is 2.19 bits per heavy atom. The Hall–Kier alpha value is -4.06. The lowest BCUT2D eigenvalue weighted by molar-refractivity contribution is 0.510. The summed E-state index contributed by atoms with van der Waals surface area (Å²) in [7, 11) is 0. The van der Waals surface area contributed by atoms with Crippen molar-refractivity contribution >= 4 is 5.69 Å². The van der Waals surface area contributed by atoms with E-state index >= 15 is 0 Å². The van der Waals surface area contributed by atoms with Gasteiger partial charge in [-0.25, -0.2) is 18.7 Å². The molecule has 2 heterocycles. The standard InChI is InChI=1S/C25H18F2N4/c26-21-3-1-2-20(24(21)27)25-29-22-12-13-31(15-23(22)30-25)14-16-4-6-17(7-5-16)18-8-10-19(28)11-9-18/h1-13,15H,14,28H2. The number of fused-ring (bicyclic) bond motifs is 1. The first-order chi connectivity index (χ1) is 15.1. The summed E-state index contributed by atoms with van der Waals surface area (Å²) in [6.07, 6.45) is 3.76. The van der Waals surface area contributed by atoms with Gasteiger partial charge < -0.3 is 10.3 Å². The molecule has 0 saturated heterocycles. The van der Waals surface area contributed by atoms with E-state index in [-0.39, 0.29) is 11.4 Å². The second-order valence-electron chi connectivity index (χ2n) is 7.36. The molecule has 0 bridgehead atoms. The zero-order valence-corrected chi connectivity index (χ0v) is 16.5. The van der Waals surface area contributed by atoms with E-state index in [0.717, 1.165) is 28.4 Å². The molecule has 3 aromatic carbocycles. The first kappa shape index (κ1) is 18.9. The van der Waals surface area contributed by atoms with Crippen LogP contribution in [0.3, 0.4) is 0 Å². The number of nitrogens with two attached hydrogens (primary N) is 1. The molecule has 2 aliphatic heterocycles. The van der Waals surface area contributed by atoms with E-state index in [0.29, 0.717) is 17.9 Å². The molecule has 5 rings (SSSR count). The smallest absolute Gasteiger partial charge is 0.169 e. The first-order valence-corrected chi connectivity index (χ1v) is 9.79. The fourth-order valence-electron chi connectivity index (χ4n) is 3.54. The van der Waals surface area contributed by atoms with Gasteiger partial charge in [0, 0.05) is 24.6 Å². The van der Waals surface area contributed by atoms with Crippen LogP contribution in [-0.2, 0) is 6.54 Å².